The minimum Gasteiger partial charge on any atom is -0.355 e. The molecule has 1 saturated carbocycles. The summed E-state index contributed by atoms with van der Waals surface area (Å²) in [6.45, 7) is 6.61. The van der Waals surface area contributed by atoms with Crippen molar-refractivity contribution in [3.63, 3.8) is 0 Å². The van der Waals surface area contributed by atoms with E-state index in [0.717, 1.165) is 31.6 Å². The van der Waals surface area contributed by atoms with Gasteiger partial charge in [-0.25, -0.2) is 0 Å². The second kappa shape index (κ2) is 6.19. The number of nitrogens with zero attached hydrogens (tertiary/aromatic N) is 2. The normalized spacial score (nSPS) is 14.9. The summed E-state index contributed by atoms with van der Waals surface area (Å²) in [5.41, 5.74) is 2.39. The van der Waals surface area contributed by atoms with Gasteiger partial charge in [-0.05, 0) is 18.8 Å². The maximum atomic E-state index is 11.4. The first kappa shape index (κ1) is 14.1. The Morgan fingerprint density at radius 2 is 2.21 bits per heavy atom. The van der Waals surface area contributed by atoms with Gasteiger partial charge in [-0.2, -0.15) is 5.10 Å². The van der Waals surface area contributed by atoms with Crippen molar-refractivity contribution in [2.75, 3.05) is 13.1 Å². The molecule has 0 atom stereocenters. The molecule has 5 nitrogen and oxygen atoms in total. The minimum absolute atomic E-state index is 0.214. The average molecular weight is 264 g/mol. The van der Waals surface area contributed by atoms with Crippen LogP contribution in [0.15, 0.2) is 6.20 Å². The van der Waals surface area contributed by atoms with E-state index in [9.17, 15) is 4.79 Å². The molecule has 0 bridgehead atoms. The Labute approximate surface area is 114 Å². The Balaban J connectivity index is 1.68. The molecule has 2 N–H and O–H groups in total. The predicted octanol–water partition coefficient (Wildman–Crippen LogP) is 1.16. The minimum atomic E-state index is 0.214. The molecule has 2 rings (SSSR count). The fourth-order valence-corrected chi connectivity index (χ4v) is 2.16. The van der Waals surface area contributed by atoms with Crippen LogP contribution in [0.2, 0.25) is 0 Å². The summed E-state index contributed by atoms with van der Waals surface area (Å²) in [5, 5.41) is 10.8. The number of hydrogen-bond donors (Lipinski definition) is 2. The van der Waals surface area contributed by atoms with Crippen LogP contribution in [0.25, 0.3) is 0 Å². The third kappa shape index (κ3) is 4.06. The zero-order chi connectivity index (χ0) is 13.8. The quantitative estimate of drug-likeness (QED) is 0.727. The number of aromatic nitrogens is 2. The Bertz CT molecular complexity index is 435. The second-order valence-electron chi connectivity index (χ2n) is 5.61. The Morgan fingerprint density at radius 1 is 1.47 bits per heavy atom. The van der Waals surface area contributed by atoms with Crippen LogP contribution in [0.5, 0.6) is 0 Å². The second-order valence-corrected chi connectivity index (χ2v) is 5.61. The Kier molecular flexibility index (Phi) is 4.58. The number of nitrogens with one attached hydrogen (secondary N) is 2. The van der Waals surface area contributed by atoms with Crippen LogP contribution in [-0.4, -0.2) is 28.8 Å². The van der Waals surface area contributed by atoms with E-state index in [-0.39, 0.29) is 5.91 Å². The van der Waals surface area contributed by atoms with Gasteiger partial charge in [-0.15, -0.1) is 0 Å². The third-order valence-corrected chi connectivity index (χ3v) is 3.35. The Hall–Kier alpha value is -1.36. The van der Waals surface area contributed by atoms with Gasteiger partial charge in [0.1, 0.15) is 0 Å². The molecule has 0 aliphatic heterocycles. The smallest absolute Gasteiger partial charge is 0.223 e. The summed E-state index contributed by atoms with van der Waals surface area (Å²) >= 11 is 0. The van der Waals surface area contributed by atoms with Gasteiger partial charge in [0.15, 0.2) is 0 Å². The molecule has 1 aliphatic carbocycles. The summed E-state index contributed by atoms with van der Waals surface area (Å²) in [6, 6.07) is 0. The molecule has 1 aromatic heterocycles. The van der Waals surface area contributed by atoms with Crippen molar-refractivity contribution >= 4 is 5.91 Å². The van der Waals surface area contributed by atoms with Crippen LogP contribution in [-0.2, 0) is 18.4 Å². The van der Waals surface area contributed by atoms with Crippen LogP contribution >= 0.6 is 0 Å². The zero-order valence-electron chi connectivity index (χ0n) is 12.1. The molecular weight excluding hydrogens is 240 g/mol. The van der Waals surface area contributed by atoms with Crippen molar-refractivity contribution < 1.29 is 4.79 Å². The number of aryl methyl sites for hydroxylation is 1. The van der Waals surface area contributed by atoms with Crippen molar-refractivity contribution in [3.8, 4) is 0 Å². The lowest BCUT2D eigenvalue weighted by atomic mass is 10.1. The number of hydrogen-bond acceptors (Lipinski definition) is 3. The van der Waals surface area contributed by atoms with Crippen LogP contribution in [0.3, 0.4) is 0 Å². The van der Waals surface area contributed by atoms with E-state index in [4.69, 9.17) is 0 Å². The van der Waals surface area contributed by atoms with Crippen LogP contribution in [0.4, 0.5) is 0 Å². The highest BCUT2D eigenvalue weighted by Gasteiger charge is 2.28. The summed E-state index contributed by atoms with van der Waals surface area (Å²) in [7, 11) is 1.95. The van der Waals surface area contributed by atoms with Crippen LogP contribution in [0, 0.1) is 5.92 Å². The Morgan fingerprint density at radius 3 is 2.84 bits per heavy atom. The van der Waals surface area contributed by atoms with E-state index in [0.29, 0.717) is 18.4 Å². The molecule has 0 radical (unpaired) electrons. The summed E-state index contributed by atoms with van der Waals surface area (Å²) in [6.07, 6.45) is 4.19. The van der Waals surface area contributed by atoms with Crippen LogP contribution < -0.4 is 10.6 Å². The van der Waals surface area contributed by atoms with Gasteiger partial charge in [0.05, 0.1) is 5.69 Å². The largest absolute Gasteiger partial charge is 0.355 e. The number of amides is 1. The van der Waals surface area contributed by atoms with E-state index in [1.54, 1.807) is 0 Å². The van der Waals surface area contributed by atoms with E-state index in [2.05, 4.69) is 35.8 Å². The molecule has 1 aliphatic rings. The molecule has 1 aromatic rings. The maximum absolute atomic E-state index is 11.4. The van der Waals surface area contributed by atoms with Crippen LogP contribution in [0.1, 0.15) is 43.9 Å². The first-order chi connectivity index (χ1) is 9.08. The number of carbonyl (C=O) groups excluding carboxylic acids is 1. The highest BCUT2D eigenvalue weighted by atomic mass is 16.2. The van der Waals surface area contributed by atoms with Gasteiger partial charge in [0, 0.05) is 44.4 Å². The van der Waals surface area contributed by atoms with Crippen molar-refractivity contribution in [2.45, 2.75) is 39.2 Å². The lowest BCUT2D eigenvalue weighted by molar-refractivity contribution is -0.122. The molecule has 0 aromatic carbocycles. The molecule has 1 fully saturated rings. The average Bonchev–Trinajstić information content (AvgIpc) is 3.13. The van der Waals surface area contributed by atoms with Crippen molar-refractivity contribution in [3.05, 3.63) is 17.5 Å². The van der Waals surface area contributed by atoms with Crippen molar-refractivity contribution in [2.24, 2.45) is 13.0 Å². The molecule has 106 valence electrons. The summed E-state index contributed by atoms with van der Waals surface area (Å²) in [4.78, 5) is 11.4. The first-order valence-electron chi connectivity index (χ1n) is 7.08. The highest BCUT2D eigenvalue weighted by molar-refractivity contribution is 5.80. The van der Waals surface area contributed by atoms with E-state index >= 15 is 0 Å². The van der Waals surface area contributed by atoms with Gasteiger partial charge in [0.25, 0.3) is 0 Å². The molecule has 19 heavy (non-hydrogen) atoms. The fourth-order valence-electron chi connectivity index (χ4n) is 2.16. The van der Waals surface area contributed by atoms with Gasteiger partial charge < -0.3 is 10.6 Å². The standard InChI is InChI=1S/C14H24N4O/c1-10(2)13-12(9-18(3)17-13)8-15-6-7-16-14(19)11-4-5-11/h9-11,15H,4-8H2,1-3H3,(H,16,19). The van der Waals surface area contributed by atoms with E-state index in [1.165, 1.54) is 5.56 Å². The molecule has 0 saturated heterocycles. The van der Waals surface area contributed by atoms with E-state index in [1.807, 2.05) is 11.7 Å². The van der Waals surface area contributed by atoms with Crippen molar-refractivity contribution in [1.82, 2.24) is 20.4 Å². The molecule has 0 unspecified atom stereocenters. The zero-order valence-corrected chi connectivity index (χ0v) is 12.1. The number of rotatable bonds is 7. The first-order valence-corrected chi connectivity index (χ1v) is 7.08. The maximum Gasteiger partial charge on any atom is 0.223 e. The number of carbonyl (C=O) groups is 1. The monoisotopic (exact) mass is 264 g/mol. The van der Waals surface area contributed by atoms with Gasteiger partial charge in [0.2, 0.25) is 5.91 Å². The third-order valence-electron chi connectivity index (χ3n) is 3.35. The molecule has 5 heteroatoms. The summed E-state index contributed by atoms with van der Waals surface area (Å²) < 4.78 is 1.86. The molecule has 1 amide bonds. The predicted molar refractivity (Wildman–Crippen MR) is 74.7 cm³/mol. The highest BCUT2D eigenvalue weighted by Crippen LogP contribution is 2.28. The summed E-state index contributed by atoms with van der Waals surface area (Å²) in [5.74, 6) is 0.949. The molecular formula is C14H24N4O. The molecule has 0 spiro atoms. The lowest BCUT2D eigenvalue weighted by Crippen LogP contribution is -2.32. The topological polar surface area (TPSA) is 59.0 Å². The fraction of sp³-hybridized carbons (Fsp3) is 0.714. The van der Waals surface area contributed by atoms with E-state index < -0.39 is 0 Å². The SMILES string of the molecule is CC(C)c1nn(C)cc1CNCCNC(=O)C1CC1. The molecule has 1 heterocycles. The van der Waals surface area contributed by atoms with Gasteiger partial charge in [-0.1, -0.05) is 13.8 Å². The van der Waals surface area contributed by atoms with Gasteiger partial charge in [-0.3, -0.25) is 9.48 Å². The lowest BCUT2D eigenvalue weighted by Gasteiger charge is -2.08. The van der Waals surface area contributed by atoms with Crippen molar-refractivity contribution in [1.29, 1.82) is 0 Å². The van der Waals surface area contributed by atoms with Gasteiger partial charge >= 0.3 is 0 Å².